The summed E-state index contributed by atoms with van der Waals surface area (Å²) >= 11 is 6.92. The summed E-state index contributed by atoms with van der Waals surface area (Å²) in [6.45, 7) is -0.101. The summed E-state index contributed by atoms with van der Waals surface area (Å²) < 4.78 is 16.4. The van der Waals surface area contributed by atoms with Gasteiger partial charge in [0.05, 0.1) is 20.6 Å². The number of carbonyl (C=O) groups excluding carboxylic acids is 2. The smallest absolute Gasteiger partial charge is 0.408 e. The van der Waals surface area contributed by atoms with Crippen LogP contribution in [0.15, 0.2) is 59.5 Å². The minimum absolute atomic E-state index is 0.0160. The Labute approximate surface area is 201 Å². The number of thiophene rings is 1. The summed E-state index contributed by atoms with van der Waals surface area (Å²) in [5, 5.41) is 14.6. The minimum Gasteiger partial charge on any atom is -0.465 e. The van der Waals surface area contributed by atoms with Crippen molar-refractivity contribution in [2.45, 2.75) is 18.5 Å². The fraction of sp³-hybridized carbons (Fsp3) is 0.182. The number of amides is 3. The lowest BCUT2D eigenvalue weighted by molar-refractivity contribution is -0.119. The van der Waals surface area contributed by atoms with Crippen molar-refractivity contribution in [1.29, 1.82) is 0 Å². The number of nitrogens with zero attached hydrogens (tertiary/aromatic N) is 2. The van der Waals surface area contributed by atoms with E-state index in [-0.39, 0.29) is 29.9 Å². The predicted molar refractivity (Wildman–Crippen MR) is 124 cm³/mol. The van der Waals surface area contributed by atoms with Gasteiger partial charge in [0.15, 0.2) is 0 Å². The highest BCUT2D eigenvalue weighted by molar-refractivity contribution is 7.18. The topological polar surface area (TPSA) is 121 Å². The Balaban J connectivity index is 1.47. The Hall–Kier alpha value is -3.70. The number of hydrogen-bond acceptors (Lipinski definition) is 5. The lowest BCUT2D eigenvalue weighted by Crippen LogP contribution is -2.42. The van der Waals surface area contributed by atoms with Gasteiger partial charge in [0.1, 0.15) is 11.9 Å². The second-order valence-corrected chi connectivity index (χ2v) is 9.24. The average Bonchev–Trinajstić information content (AvgIpc) is 3.42. The molecule has 9 nitrogen and oxygen atoms in total. The monoisotopic (exact) mass is 504 g/mol. The molecule has 0 unspecified atom stereocenters. The number of pyridine rings is 1. The first-order valence-electron chi connectivity index (χ1n) is 10.1. The highest BCUT2D eigenvalue weighted by Crippen LogP contribution is 2.25. The van der Waals surface area contributed by atoms with Crippen LogP contribution in [0, 0.1) is 5.82 Å². The molecule has 1 saturated heterocycles. The van der Waals surface area contributed by atoms with E-state index in [1.807, 2.05) is 0 Å². The lowest BCUT2D eigenvalue weighted by Gasteiger charge is -2.20. The lowest BCUT2D eigenvalue weighted by atomic mass is 10.1. The molecule has 3 aromatic rings. The number of aromatic nitrogens is 1. The molecule has 176 valence electrons. The maximum Gasteiger partial charge on any atom is 0.408 e. The summed E-state index contributed by atoms with van der Waals surface area (Å²) in [6.07, 6.45) is 0.162. The van der Waals surface area contributed by atoms with Crippen LogP contribution in [-0.2, 0) is 4.79 Å². The molecule has 2 atom stereocenters. The van der Waals surface area contributed by atoms with Gasteiger partial charge in [-0.2, -0.15) is 0 Å². The van der Waals surface area contributed by atoms with Crippen LogP contribution >= 0.6 is 22.9 Å². The van der Waals surface area contributed by atoms with Crippen molar-refractivity contribution in [3.05, 3.63) is 80.1 Å². The summed E-state index contributed by atoms with van der Waals surface area (Å²) in [4.78, 5) is 50.1. The molecule has 4 rings (SSSR count). The zero-order valence-corrected chi connectivity index (χ0v) is 19.0. The van der Waals surface area contributed by atoms with E-state index in [4.69, 9.17) is 11.6 Å². The molecule has 34 heavy (non-hydrogen) atoms. The summed E-state index contributed by atoms with van der Waals surface area (Å²) in [7, 11) is 0. The van der Waals surface area contributed by atoms with Crippen molar-refractivity contribution in [1.82, 2.24) is 14.8 Å². The molecule has 12 heteroatoms. The van der Waals surface area contributed by atoms with Crippen molar-refractivity contribution in [3.63, 3.8) is 0 Å². The Bertz CT molecular complexity index is 1330. The van der Waals surface area contributed by atoms with E-state index in [9.17, 15) is 28.7 Å². The fourth-order valence-electron chi connectivity index (χ4n) is 3.71. The Kier molecular flexibility index (Phi) is 6.66. The number of anilines is 1. The van der Waals surface area contributed by atoms with E-state index in [1.165, 1.54) is 29.0 Å². The van der Waals surface area contributed by atoms with Gasteiger partial charge in [-0.3, -0.25) is 23.9 Å². The van der Waals surface area contributed by atoms with Crippen LogP contribution in [0.1, 0.15) is 16.1 Å². The van der Waals surface area contributed by atoms with Crippen LogP contribution in [0.2, 0.25) is 4.34 Å². The number of carbonyl (C=O) groups is 3. The van der Waals surface area contributed by atoms with Gasteiger partial charge in [0, 0.05) is 30.9 Å². The van der Waals surface area contributed by atoms with Gasteiger partial charge in [-0.05, 0) is 36.8 Å². The van der Waals surface area contributed by atoms with E-state index in [1.54, 1.807) is 24.3 Å². The highest BCUT2D eigenvalue weighted by atomic mass is 35.5. The second-order valence-electron chi connectivity index (χ2n) is 7.52. The van der Waals surface area contributed by atoms with Crippen LogP contribution in [-0.4, -0.2) is 51.1 Å². The zero-order chi connectivity index (χ0) is 24.4. The van der Waals surface area contributed by atoms with Crippen LogP contribution in [0.25, 0.3) is 5.69 Å². The normalized spacial score (nSPS) is 17.4. The SMILES string of the molecule is O=C(N[C@H]1C[C@@H](C(=O)Nc2ccc(-n3ccccc3=O)cc2F)N(C(=O)O)C1)c1ccc(Cl)s1. The van der Waals surface area contributed by atoms with E-state index in [2.05, 4.69) is 10.6 Å². The third-order valence-corrected chi connectivity index (χ3v) is 6.52. The summed E-state index contributed by atoms with van der Waals surface area (Å²) in [5.41, 5.74) is -0.242. The molecule has 0 radical (unpaired) electrons. The Morgan fingerprint density at radius 1 is 1.15 bits per heavy atom. The molecule has 3 amide bonds. The van der Waals surface area contributed by atoms with Crippen molar-refractivity contribution in [2.24, 2.45) is 0 Å². The highest BCUT2D eigenvalue weighted by Gasteiger charge is 2.40. The van der Waals surface area contributed by atoms with Gasteiger partial charge in [0.2, 0.25) is 5.91 Å². The minimum atomic E-state index is -1.34. The van der Waals surface area contributed by atoms with Gasteiger partial charge < -0.3 is 15.7 Å². The van der Waals surface area contributed by atoms with Crippen LogP contribution < -0.4 is 16.2 Å². The van der Waals surface area contributed by atoms with Crippen molar-refractivity contribution < 1.29 is 23.9 Å². The molecular weight excluding hydrogens is 487 g/mol. The van der Waals surface area contributed by atoms with E-state index in [0.29, 0.717) is 9.21 Å². The van der Waals surface area contributed by atoms with Gasteiger partial charge >= 0.3 is 6.09 Å². The summed E-state index contributed by atoms with van der Waals surface area (Å²) in [5.74, 6) is -1.95. The Morgan fingerprint density at radius 2 is 1.94 bits per heavy atom. The number of likely N-dealkylation sites (tertiary alicyclic amines) is 1. The van der Waals surface area contributed by atoms with Gasteiger partial charge in [-0.15, -0.1) is 11.3 Å². The first-order valence-corrected chi connectivity index (χ1v) is 11.3. The van der Waals surface area contributed by atoms with Crippen molar-refractivity contribution in [3.8, 4) is 5.69 Å². The van der Waals surface area contributed by atoms with Gasteiger partial charge in [0.25, 0.3) is 11.5 Å². The first-order chi connectivity index (χ1) is 16.2. The molecule has 2 aromatic heterocycles. The molecule has 0 aliphatic carbocycles. The maximum absolute atomic E-state index is 14.7. The predicted octanol–water partition coefficient (Wildman–Crippen LogP) is 3.18. The number of hydrogen-bond donors (Lipinski definition) is 3. The number of nitrogens with one attached hydrogen (secondary N) is 2. The molecule has 0 saturated carbocycles. The molecule has 1 aliphatic heterocycles. The number of carboxylic acid groups (broad SMARTS) is 1. The van der Waals surface area contributed by atoms with Crippen LogP contribution in [0.4, 0.5) is 14.9 Å². The van der Waals surface area contributed by atoms with Gasteiger partial charge in [-0.25, -0.2) is 9.18 Å². The molecular formula is C22H18ClFN4O5S. The second kappa shape index (κ2) is 9.65. The van der Waals surface area contributed by atoms with Crippen LogP contribution in [0.5, 0.6) is 0 Å². The molecule has 1 aromatic carbocycles. The Morgan fingerprint density at radius 3 is 2.59 bits per heavy atom. The number of rotatable bonds is 5. The van der Waals surface area contributed by atoms with Crippen LogP contribution in [0.3, 0.4) is 0 Å². The van der Waals surface area contributed by atoms with Gasteiger partial charge in [-0.1, -0.05) is 17.7 Å². The largest absolute Gasteiger partial charge is 0.465 e. The quantitative estimate of drug-likeness (QED) is 0.493. The molecule has 1 aliphatic rings. The van der Waals surface area contributed by atoms with E-state index < -0.39 is 35.8 Å². The first kappa shape index (κ1) is 23.5. The third-order valence-electron chi connectivity index (χ3n) is 5.29. The average molecular weight is 505 g/mol. The van der Waals surface area contributed by atoms with Crippen molar-refractivity contribution in [2.75, 3.05) is 11.9 Å². The molecule has 0 bridgehead atoms. The third kappa shape index (κ3) is 4.95. The standard InChI is InChI=1S/C22H18ClFN4O5S/c23-18-7-6-17(34-18)21(31)25-12-9-16(28(11-12)22(32)33)20(30)26-15-5-4-13(10-14(15)24)27-8-2-1-3-19(27)29/h1-8,10,12,16H,9,11H2,(H,25,31)(H,26,30)(H,32,33)/t12-,16-/m0/s1. The molecule has 1 fully saturated rings. The molecule has 0 spiro atoms. The number of benzene rings is 1. The van der Waals surface area contributed by atoms with E-state index in [0.717, 1.165) is 22.3 Å². The van der Waals surface area contributed by atoms with E-state index >= 15 is 0 Å². The number of halogens is 2. The fourth-order valence-corrected chi connectivity index (χ4v) is 4.65. The maximum atomic E-state index is 14.7. The summed E-state index contributed by atoms with van der Waals surface area (Å²) in [6, 6.07) is 9.73. The van der Waals surface area contributed by atoms with Crippen molar-refractivity contribution >= 4 is 46.5 Å². The molecule has 3 heterocycles. The molecule has 3 N–H and O–H groups in total. The zero-order valence-electron chi connectivity index (χ0n) is 17.4.